The zero-order valence-electron chi connectivity index (χ0n) is 9.43. The molecule has 0 aromatic heterocycles. The van der Waals surface area contributed by atoms with E-state index in [0.29, 0.717) is 13.1 Å². The summed E-state index contributed by atoms with van der Waals surface area (Å²) in [5, 5.41) is 3.01. The number of anilines is 1. The highest BCUT2D eigenvalue weighted by Crippen LogP contribution is 2.13. The molecule has 94 valence electrons. The van der Waals surface area contributed by atoms with Gasteiger partial charge in [0, 0.05) is 25.7 Å². The molecule has 0 heterocycles. The number of nitrogens with one attached hydrogen (secondary N) is 2. The van der Waals surface area contributed by atoms with Crippen molar-refractivity contribution in [3.8, 4) is 0 Å². The molecule has 4 N–H and O–H groups in total. The highest BCUT2D eigenvalue weighted by atomic mass is 32.2. The van der Waals surface area contributed by atoms with Crippen molar-refractivity contribution < 1.29 is 13.2 Å². The lowest BCUT2D eigenvalue weighted by Crippen LogP contribution is -2.28. The van der Waals surface area contributed by atoms with E-state index < -0.39 is 15.9 Å². The monoisotopic (exact) mass is 257 g/mol. The lowest BCUT2D eigenvalue weighted by atomic mass is 10.3. The van der Waals surface area contributed by atoms with Crippen molar-refractivity contribution in [3.63, 3.8) is 0 Å². The minimum Gasteiger partial charge on any atom is -0.384 e. The van der Waals surface area contributed by atoms with E-state index in [1.807, 2.05) is 4.72 Å². The van der Waals surface area contributed by atoms with E-state index in [1.165, 1.54) is 12.1 Å². The molecule has 0 fully saturated rings. The van der Waals surface area contributed by atoms with E-state index in [2.05, 4.69) is 5.32 Å². The van der Waals surface area contributed by atoms with Gasteiger partial charge in [-0.3, -0.25) is 4.79 Å². The molecule has 6 nitrogen and oxygen atoms in total. The van der Waals surface area contributed by atoms with Crippen LogP contribution >= 0.6 is 0 Å². The van der Waals surface area contributed by atoms with E-state index in [0.717, 1.165) is 12.6 Å². The maximum absolute atomic E-state index is 11.6. The van der Waals surface area contributed by atoms with Gasteiger partial charge in [-0.2, -0.15) is 0 Å². The van der Waals surface area contributed by atoms with Gasteiger partial charge < -0.3 is 11.1 Å². The van der Waals surface area contributed by atoms with Gasteiger partial charge in [-0.1, -0.05) is 0 Å². The Hall–Kier alpha value is -1.60. The number of amides is 1. The smallest absolute Gasteiger partial charge is 0.264 e. The number of carbonyl (C=O) groups excluding carboxylic acids is 1. The van der Waals surface area contributed by atoms with Crippen LogP contribution < -0.4 is 15.8 Å². The first-order valence-corrected chi connectivity index (χ1v) is 6.51. The predicted octanol–water partition coefficient (Wildman–Crippen LogP) is -0.118. The largest absolute Gasteiger partial charge is 0.384 e. The second-order valence-electron chi connectivity index (χ2n) is 3.40. The second kappa shape index (κ2) is 5.65. The molecule has 0 spiro atoms. The molecule has 1 aromatic carbocycles. The molecule has 0 saturated carbocycles. The molecule has 17 heavy (non-hydrogen) atoms. The Morgan fingerprint density at radius 3 is 2.35 bits per heavy atom. The van der Waals surface area contributed by atoms with Crippen LogP contribution in [0.5, 0.6) is 0 Å². The summed E-state index contributed by atoms with van der Waals surface area (Å²) >= 11 is 0. The topological polar surface area (TPSA) is 101 Å². The zero-order valence-corrected chi connectivity index (χ0v) is 10.3. The van der Waals surface area contributed by atoms with E-state index in [-0.39, 0.29) is 4.90 Å². The van der Waals surface area contributed by atoms with Crippen LogP contribution in [0.3, 0.4) is 0 Å². The van der Waals surface area contributed by atoms with Gasteiger partial charge in [-0.05, 0) is 24.3 Å². The van der Waals surface area contributed by atoms with Crippen molar-refractivity contribution in [2.24, 2.45) is 5.73 Å². The number of benzene rings is 1. The molecule has 0 bridgehead atoms. The number of rotatable bonds is 5. The van der Waals surface area contributed by atoms with Crippen molar-refractivity contribution in [3.05, 3.63) is 24.3 Å². The van der Waals surface area contributed by atoms with E-state index in [9.17, 15) is 13.2 Å². The van der Waals surface area contributed by atoms with Crippen molar-refractivity contribution in [1.29, 1.82) is 0 Å². The number of sulfonamides is 1. The van der Waals surface area contributed by atoms with E-state index in [4.69, 9.17) is 5.73 Å². The van der Waals surface area contributed by atoms with Gasteiger partial charge in [0.25, 0.3) is 10.0 Å². The third kappa shape index (κ3) is 4.04. The van der Waals surface area contributed by atoms with Crippen LogP contribution in [0, 0.1) is 0 Å². The van der Waals surface area contributed by atoms with Gasteiger partial charge in [0.15, 0.2) is 0 Å². The minimum atomic E-state index is -3.75. The molecule has 1 amide bonds. The fourth-order valence-electron chi connectivity index (χ4n) is 1.22. The maximum Gasteiger partial charge on any atom is 0.264 e. The summed E-state index contributed by atoms with van der Waals surface area (Å²) in [7, 11) is -3.75. The summed E-state index contributed by atoms with van der Waals surface area (Å²) in [6.07, 6.45) is 0. The molecule has 0 radical (unpaired) electrons. The van der Waals surface area contributed by atoms with Crippen molar-refractivity contribution in [2.45, 2.75) is 11.8 Å². The molecule has 0 atom stereocenters. The van der Waals surface area contributed by atoms with Crippen molar-refractivity contribution >= 4 is 21.6 Å². The molecule has 0 aliphatic heterocycles. The Bertz CT molecular complexity index is 482. The number of carbonyl (C=O) groups is 1. The van der Waals surface area contributed by atoms with Crippen LogP contribution in [0.25, 0.3) is 0 Å². The summed E-state index contributed by atoms with van der Waals surface area (Å²) in [5.41, 5.74) is 6.10. The average Bonchev–Trinajstić information content (AvgIpc) is 2.25. The summed E-state index contributed by atoms with van der Waals surface area (Å²) in [4.78, 5) is 10.8. The normalized spacial score (nSPS) is 10.9. The molecule has 0 unspecified atom stereocenters. The van der Waals surface area contributed by atoms with Crippen LogP contribution in [-0.2, 0) is 14.8 Å². The van der Waals surface area contributed by atoms with Crippen LogP contribution in [0.2, 0.25) is 0 Å². The minimum absolute atomic E-state index is 0.0472. The van der Waals surface area contributed by atoms with Crippen LogP contribution in [0.1, 0.15) is 6.92 Å². The molecule has 1 rings (SSSR count). The average molecular weight is 257 g/mol. The van der Waals surface area contributed by atoms with E-state index >= 15 is 0 Å². The maximum atomic E-state index is 11.6. The highest BCUT2D eigenvalue weighted by Gasteiger charge is 2.14. The first kappa shape index (κ1) is 13.5. The first-order valence-electron chi connectivity index (χ1n) is 5.03. The second-order valence-corrected chi connectivity index (χ2v) is 5.08. The lowest BCUT2D eigenvalue weighted by Gasteiger charge is -2.07. The molecule has 7 heteroatoms. The number of hydrogen-bond donors (Lipinski definition) is 3. The Morgan fingerprint density at radius 2 is 1.88 bits per heavy atom. The third-order valence-electron chi connectivity index (χ3n) is 1.92. The number of hydrogen-bond acceptors (Lipinski definition) is 5. The zero-order chi connectivity index (χ0) is 12.9. The number of nitrogens with two attached hydrogens (primary N) is 1. The molecular weight excluding hydrogens is 242 g/mol. The fraction of sp³-hybridized carbons (Fsp3) is 0.300. The molecule has 0 aliphatic carbocycles. The molecule has 0 aliphatic rings. The summed E-state index contributed by atoms with van der Waals surface area (Å²) in [6.45, 7) is 2.25. The molecule has 0 saturated heterocycles. The molecule has 1 aromatic rings. The third-order valence-corrected chi connectivity index (χ3v) is 3.37. The first-order chi connectivity index (χ1) is 7.95. The van der Waals surface area contributed by atoms with Crippen molar-refractivity contribution in [1.82, 2.24) is 4.72 Å². The fourth-order valence-corrected chi connectivity index (χ4v) is 2.21. The van der Waals surface area contributed by atoms with Gasteiger partial charge in [0.2, 0.25) is 5.91 Å². The van der Waals surface area contributed by atoms with Gasteiger partial charge in [0.05, 0.1) is 4.90 Å². The Balaban J connectivity index is 2.83. The van der Waals surface area contributed by atoms with Crippen molar-refractivity contribution in [2.75, 3.05) is 18.4 Å². The standard InChI is InChI=1S/C10H15N3O3S/c1-8(14)13-17(15,16)10-4-2-9(3-5-10)12-7-6-11/h2-5,12H,6-7,11H2,1H3,(H,13,14). The Labute approximate surface area is 100 Å². The summed E-state index contributed by atoms with van der Waals surface area (Å²) in [6, 6.07) is 6.07. The Morgan fingerprint density at radius 1 is 1.29 bits per heavy atom. The highest BCUT2D eigenvalue weighted by molar-refractivity contribution is 7.90. The van der Waals surface area contributed by atoms with Crippen LogP contribution in [0.15, 0.2) is 29.2 Å². The summed E-state index contributed by atoms with van der Waals surface area (Å²) in [5.74, 6) is -0.615. The van der Waals surface area contributed by atoms with Crippen LogP contribution in [-0.4, -0.2) is 27.4 Å². The Kier molecular flexibility index (Phi) is 4.47. The van der Waals surface area contributed by atoms with Gasteiger partial charge in [-0.15, -0.1) is 0 Å². The summed E-state index contributed by atoms with van der Waals surface area (Å²) < 4.78 is 25.1. The van der Waals surface area contributed by atoms with Gasteiger partial charge >= 0.3 is 0 Å². The quantitative estimate of drug-likeness (QED) is 0.682. The predicted molar refractivity (Wildman–Crippen MR) is 65.0 cm³/mol. The SMILES string of the molecule is CC(=O)NS(=O)(=O)c1ccc(NCCN)cc1. The lowest BCUT2D eigenvalue weighted by molar-refractivity contribution is -0.117. The van der Waals surface area contributed by atoms with Gasteiger partial charge in [0.1, 0.15) is 0 Å². The van der Waals surface area contributed by atoms with Gasteiger partial charge in [-0.25, -0.2) is 13.1 Å². The van der Waals surface area contributed by atoms with E-state index in [1.54, 1.807) is 12.1 Å². The molecular formula is C10H15N3O3S. The van der Waals surface area contributed by atoms with Crippen LogP contribution in [0.4, 0.5) is 5.69 Å².